The Kier molecular flexibility index (Phi) is 6.35. The first-order chi connectivity index (χ1) is 28.7. The van der Waals surface area contributed by atoms with Crippen LogP contribution < -0.4 is 0 Å². The second-order valence-electron chi connectivity index (χ2n) is 14.9. The second kappa shape index (κ2) is 11.8. The highest BCUT2D eigenvalue weighted by molar-refractivity contribution is 6.18. The van der Waals surface area contributed by atoms with Gasteiger partial charge in [0, 0.05) is 54.5 Å². The number of para-hydroxylation sites is 4. The van der Waals surface area contributed by atoms with Crippen LogP contribution in [0.5, 0.6) is 0 Å². The van der Waals surface area contributed by atoms with Crippen LogP contribution in [0.25, 0.3) is 127 Å². The van der Waals surface area contributed by atoms with E-state index >= 15 is 0 Å². The maximum Gasteiger partial charge on any atom is 0.180 e. The van der Waals surface area contributed by atoms with Crippen LogP contribution in [-0.2, 0) is 0 Å². The number of nitrogens with zero attached hydrogens (tertiary/aromatic N) is 3. The third-order valence-electron chi connectivity index (χ3n) is 11.6. The molecule has 0 radical (unpaired) electrons. The molecule has 0 amide bonds. The van der Waals surface area contributed by atoms with Gasteiger partial charge in [-0.1, -0.05) is 109 Å². The van der Waals surface area contributed by atoms with E-state index in [2.05, 4.69) is 120 Å². The smallest absolute Gasteiger partial charge is 0.180 e. The lowest BCUT2D eigenvalue weighted by molar-refractivity contribution is 0.667. The molecule has 0 unspecified atom stereocenters. The van der Waals surface area contributed by atoms with Gasteiger partial charge in [0.15, 0.2) is 11.4 Å². The maximum absolute atomic E-state index is 6.80. The zero-order valence-corrected chi connectivity index (χ0v) is 30.8. The topological polar surface area (TPSA) is 70.1 Å². The Morgan fingerprint density at radius 1 is 0.379 bits per heavy atom. The summed E-state index contributed by atoms with van der Waals surface area (Å²) in [4.78, 5) is 10.8. The molecule has 6 heteroatoms. The first-order valence-corrected chi connectivity index (χ1v) is 19.4. The molecule has 13 rings (SSSR count). The van der Waals surface area contributed by atoms with E-state index in [0.29, 0.717) is 17.1 Å². The summed E-state index contributed by atoms with van der Waals surface area (Å²) in [7, 11) is 0. The van der Waals surface area contributed by atoms with Gasteiger partial charge >= 0.3 is 0 Å². The Hall–Kier alpha value is -7.96. The van der Waals surface area contributed by atoms with Gasteiger partial charge in [-0.15, -0.1) is 0 Å². The van der Waals surface area contributed by atoms with Crippen LogP contribution in [0.2, 0.25) is 0 Å². The van der Waals surface area contributed by atoms with E-state index in [1.165, 1.54) is 16.3 Å². The van der Waals surface area contributed by atoms with Crippen LogP contribution in [0.1, 0.15) is 0 Å². The van der Waals surface area contributed by atoms with Crippen molar-refractivity contribution < 1.29 is 13.3 Å². The van der Waals surface area contributed by atoms with Gasteiger partial charge in [0.05, 0.1) is 11.0 Å². The summed E-state index contributed by atoms with van der Waals surface area (Å²) >= 11 is 0. The monoisotopic (exact) mass is 743 g/mol. The molecule has 0 N–H and O–H groups in total. The molecule has 0 aliphatic rings. The number of fused-ring (bicyclic) bond motifs is 12. The summed E-state index contributed by atoms with van der Waals surface area (Å²) in [6.07, 6.45) is 0. The molecule has 0 fully saturated rings. The zero-order chi connectivity index (χ0) is 37.9. The van der Waals surface area contributed by atoms with Crippen LogP contribution in [0, 0.1) is 0 Å². The summed E-state index contributed by atoms with van der Waals surface area (Å²) in [6, 6.07) is 60.8. The van der Waals surface area contributed by atoms with E-state index in [-0.39, 0.29) is 0 Å². The zero-order valence-electron chi connectivity index (χ0n) is 30.8. The van der Waals surface area contributed by atoms with Crippen LogP contribution >= 0.6 is 0 Å². The van der Waals surface area contributed by atoms with E-state index in [0.717, 1.165) is 93.8 Å². The lowest BCUT2D eigenvalue weighted by atomic mass is 10.00. The number of rotatable bonds is 4. The van der Waals surface area contributed by atoms with Crippen molar-refractivity contribution >= 4 is 87.8 Å². The number of furan rings is 3. The van der Waals surface area contributed by atoms with Crippen LogP contribution in [0.4, 0.5) is 0 Å². The van der Waals surface area contributed by atoms with Gasteiger partial charge in [0.1, 0.15) is 39.1 Å². The van der Waals surface area contributed by atoms with Crippen LogP contribution in [0.15, 0.2) is 189 Å². The fourth-order valence-corrected chi connectivity index (χ4v) is 9.07. The molecule has 6 nitrogen and oxygen atoms in total. The van der Waals surface area contributed by atoms with E-state index < -0.39 is 0 Å². The average Bonchev–Trinajstić information content (AvgIpc) is 4.05. The molecule has 0 bridgehead atoms. The maximum atomic E-state index is 6.80. The van der Waals surface area contributed by atoms with Gasteiger partial charge in [-0.2, -0.15) is 0 Å². The van der Waals surface area contributed by atoms with E-state index in [9.17, 15) is 0 Å². The Balaban J connectivity index is 1.08. The van der Waals surface area contributed by atoms with Crippen molar-refractivity contribution in [2.24, 2.45) is 0 Å². The van der Waals surface area contributed by atoms with Gasteiger partial charge in [0.2, 0.25) is 0 Å². The molecule has 270 valence electrons. The van der Waals surface area contributed by atoms with Crippen molar-refractivity contribution in [3.05, 3.63) is 176 Å². The molecule has 0 spiro atoms. The first kappa shape index (κ1) is 31.3. The minimum atomic E-state index is 0.590. The van der Waals surface area contributed by atoms with Crippen molar-refractivity contribution in [2.75, 3.05) is 0 Å². The number of aromatic nitrogens is 3. The summed E-state index contributed by atoms with van der Waals surface area (Å²) in [5, 5.41) is 7.32. The quantitative estimate of drug-likeness (QED) is 0.179. The fraction of sp³-hybridized carbons (Fsp3) is 0. The van der Waals surface area contributed by atoms with Crippen molar-refractivity contribution in [3.63, 3.8) is 0 Å². The highest BCUT2D eigenvalue weighted by atomic mass is 16.3. The fourth-order valence-electron chi connectivity index (χ4n) is 9.07. The summed E-state index contributed by atoms with van der Waals surface area (Å²) < 4.78 is 21.8. The Bertz CT molecular complexity index is 3810. The molecule has 0 saturated heterocycles. The van der Waals surface area contributed by atoms with Gasteiger partial charge in [0.25, 0.3) is 0 Å². The molecule has 0 aliphatic heterocycles. The Labute approximate surface area is 329 Å². The molecular formula is C52H29N3O3. The highest BCUT2D eigenvalue weighted by Crippen LogP contribution is 2.44. The Morgan fingerprint density at radius 2 is 0.948 bits per heavy atom. The molecule has 5 aromatic heterocycles. The van der Waals surface area contributed by atoms with Crippen LogP contribution in [0.3, 0.4) is 0 Å². The normalized spacial score (nSPS) is 12.1. The lowest BCUT2D eigenvalue weighted by Gasteiger charge is -2.09. The molecule has 13 aromatic rings. The third-order valence-corrected chi connectivity index (χ3v) is 11.6. The van der Waals surface area contributed by atoms with E-state index in [4.69, 9.17) is 23.2 Å². The number of hydrogen-bond acceptors (Lipinski definition) is 5. The SMILES string of the molecule is c1ccc(-n2c3ccccc3c3cc(-c4ccc5oc6c(-c7cccc8oc9ccccc9c78)nc(-c7cccc8oc9ccccc9c78)nc6c5c4)ccc32)cc1. The molecule has 5 heterocycles. The van der Waals surface area contributed by atoms with Crippen molar-refractivity contribution in [1.82, 2.24) is 14.5 Å². The number of benzene rings is 8. The average molecular weight is 744 g/mol. The van der Waals surface area contributed by atoms with Crippen molar-refractivity contribution in [1.29, 1.82) is 0 Å². The summed E-state index contributed by atoms with van der Waals surface area (Å²) in [5.41, 5.74) is 13.5. The largest absolute Gasteiger partial charge is 0.456 e. The van der Waals surface area contributed by atoms with E-state index in [1.807, 2.05) is 60.7 Å². The molecule has 8 aromatic carbocycles. The van der Waals surface area contributed by atoms with Gasteiger partial charge in [-0.05, 0) is 77.9 Å². The predicted molar refractivity (Wildman–Crippen MR) is 235 cm³/mol. The van der Waals surface area contributed by atoms with Gasteiger partial charge < -0.3 is 17.8 Å². The molecule has 58 heavy (non-hydrogen) atoms. The third kappa shape index (κ3) is 4.42. The molecule has 0 saturated carbocycles. The lowest BCUT2D eigenvalue weighted by Crippen LogP contribution is -1.95. The molecular weight excluding hydrogens is 715 g/mol. The van der Waals surface area contributed by atoms with Gasteiger partial charge in [-0.3, -0.25) is 0 Å². The summed E-state index contributed by atoms with van der Waals surface area (Å²) in [5.74, 6) is 0.590. The Morgan fingerprint density at radius 3 is 1.71 bits per heavy atom. The minimum Gasteiger partial charge on any atom is -0.456 e. The van der Waals surface area contributed by atoms with Crippen LogP contribution in [-0.4, -0.2) is 14.5 Å². The van der Waals surface area contributed by atoms with Crippen molar-refractivity contribution in [3.8, 4) is 39.5 Å². The summed E-state index contributed by atoms with van der Waals surface area (Å²) in [6.45, 7) is 0. The predicted octanol–water partition coefficient (Wildman–Crippen LogP) is 14.3. The minimum absolute atomic E-state index is 0.590. The second-order valence-corrected chi connectivity index (χ2v) is 14.9. The molecule has 0 aliphatic carbocycles. The standard InChI is InChI=1S/C52H29N3O3/c1-2-12-32(13-3-1)55-40-19-7-4-14-33(40)38-28-30(24-26-41(38)55)31-25-27-44-39(29-31)50-51(58-44)49(36-17-10-22-45-47(36)34-15-5-8-20-42(34)56-45)53-52(54-50)37-18-11-23-46-48(37)35-16-6-9-21-43(35)57-46/h1-29H. The van der Waals surface area contributed by atoms with E-state index in [1.54, 1.807) is 0 Å². The van der Waals surface area contributed by atoms with Crippen molar-refractivity contribution in [2.45, 2.75) is 0 Å². The molecule has 0 atom stereocenters. The van der Waals surface area contributed by atoms with Gasteiger partial charge in [-0.25, -0.2) is 9.97 Å². The first-order valence-electron chi connectivity index (χ1n) is 19.4. The highest BCUT2D eigenvalue weighted by Gasteiger charge is 2.24. The number of hydrogen-bond donors (Lipinski definition) is 0.